The minimum atomic E-state index is 0.0516. The molecule has 0 spiro atoms. The van der Waals surface area contributed by atoms with Gasteiger partial charge in [0.05, 0.1) is 6.04 Å². The Labute approximate surface area is 98.4 Å². The minimum absolute atomic E-state index is 0.0516. The first-order chi connectivity index (χ1) is 7.77. The van der Waals surface area contributed by atoms with Crippen LogP contribution in [0.3, 0.4) is 0 Å². The van der Waals surface area contributed by atoms with Crippen LogP contribution in [-0.2, 0) is 4.79 Å². The first-order valence-electron chi connectivity index (χ1n) is 6.81. The Morgan fingerprint density at radius 1 is 1.12 bits per heavy atom. The summed E-state index contributed by atoms with van der Waals surface area (Å²) in [6.07, 6.45) is 8.62. The largest absolute Gasteiger partial charge is 0.352 e. The van der Waals surface area contributed by atoms with Gasteiger partial charge in [0.1, 0.15) is 0 Å². The van der Waals surface area contributed by atoms with E-state index in [0.29, 0.717) is 12.0 Å². The highest BCUT2D eigenvalue weighted by Crippen LogP contribution is 2.19. The Bertz CT molecular complexity index is 236. The zero-order chi connectivity index (χ0) is 11.4. The number of rotatable bonds is 2. The van der Waals surface area contributed by atoms with E-state index in [9.17, 15) is 4.79 Å². The summed E-state index contributed by atoms with van der Waals surface area (Å²) in [6.45, 7) is 3.17. The van der Waals surface area contributed by atoms with E-state index in [1.165, 1.54) is 44.9 Å². The molecule has 1 aliphatic heterocycles. The van der Waals surface area contributed by atoms with Crippen molar-refractivity contribution in [3.05, 3.63) is 0 Å². The third kappa shape index (κ3) is 2.97. The highest BCUT2D eigenvalue weighted by atomic mass is 16.2. The highest BCUT2D eigenvalue weighted by Gasteiger charge is 2.28. The molecule has 0 radical (unpaired) electrons. The molecule has 0 bridgehead atoms. The van der Waals surface area contributed by atoms with Gasteiger partial charge in [0.2, 0.25) is 5.91 Å². The summed E-state index contributed by atoms with van der Waals surface area (Å²) in [5, 5.41) is 6.56. The number of carbonyl (C=O) groups excluding carboxylic acids is 1. The van der Waals surface area contributed by atoms with Gasteiger partial charge in [0.25, 0.3) is 0 Å². The fraction of sp³-hybridized carbons (Fsp3) is 0.923. The van der Waals surface area contributed by atoms with Gasteiger partial charge in [-0.2, -0.15) is 0 Å². The van der Waals surface area contributed by atoms with E-state index in [-0.39, 0.29) is 11.9 Å². The van der Waals surface area contributed by atoms with Crippen LogP contribution in [0.1, 0.15) is 51.9 Å². The van der Waals surface area contributed by atoms with Crippen molar-refractivity contribution in [3.8, 4) is 0 Å². The van der Waals surface area contributed by atoms with Gasteiger partial charge in [-0.25, -0.2) is 0 Å². The third-order valence-corrected chi connectivity index (χ3v) is 4.00. The molecule has 2 N–H and O–H groups in total. The van der Waals surface area contributed by atoms with Gasteiger partial charge in [0.15, 0.2) is 0 Å². The van der Waals surface area contributed by atoms with Crippen molar-refractivity contribution in [2.45, 2.75) is 64.0 Å². The SMILES string of the molecule is CC1CCCNC1C(=O)NC1CCCCC1. The summed E-state index contributed by atoms with van der Waals surface area (Å²) in [7, 11) is 0. The number of hydrogen-bond donors (Lipinski definition) is 2. The summed E-state index contributed by atoms with van der Waals surface area (Å²) in [5.41, 5.74) is 0. The molecule has 1 heterocycles. The molecule has 16 heavy (non-hydrogen) atoms. The lowest BCUT2D eigenvalue weighted by atomic mass is 9.90. The van der Waals surface area contributed by atoms with Crippen LogP contribution >= 0.6 is 0 Å². The molecule has 3 nitrogen and oxygen atoms in total. The van der Waals surface area contributed by atoms with Crippen molar-refractivity contribution in [2.75, 3.05) is 6.54 Å². The van der Waals surface area contributed by atoms with Gasteiger partial charge in [-0.15, -0.1) is 0 Å². The highest BCUT2D eigenvalue weighted by molar-refractivity contribution is 5.82. The lowest BCUT2D eigenvalue weighted by Gasteiger charge is -2.31. The number of hydrogen-bond acceptors (Lipinski definition) is 2. The van der Waals surface area contributed by atoms with Gasteiger partial charge in [-0.05, 0) is 38.1 Å². The third-order valence-electron chi connectivity index (χ3n) is 4.00. The molecule has 2 atom stereocenters. The molecule has 1 saturated carbocycles. The van der Waals surface area contributed by atoms with Crippen LogP contribution in [0.25, 0.3) is 0 Å². The number of nitrogens with one attached hydrogen (secondary N) is 2. The molecule has 2 rings (SSSR count). The quantitative estimate of drug-likeness (QED) is 0.751. The molecular weight excluding hydrogens is 200 g/mol. The second-order valence-corrected chi connectivity index (χ2v) is 5.39. The monoisotopic (exact) mass is 224 g/mol. The fourth-order valence-electron chi connectivity index (χ4n) is 2.94. The summed E-state index contributed by atoms with van der Waals surface area (Å²) in [4.78, 5) is 12.1. The summed E-state index contributed by atoms with van der Waals surface area (Å²) in [6, 6.07) is 0.493. The van der Waals surface area contributed by atoms with Crippen LogP contribution in [0, 0.1) is 5.92 Å². The van der Waals surface area contributed by atoms with Gasteiger partial charge >= 0.3 is 0 Å². The van der Waals surface area contributed by atoms with Crippen LogP contribution in [0.15, 0.2) is 0 Å². The van der Waals surface area contributed by atoms with Crippen LogP contribution in [0.4, 0.5) is 0 Å². The predicted octanol–water partition coefficient (Wildman–Crippen LogP) is 1.82. The predicted molar refractivity (Wildman–Crippen MR) is 65.2 cm³/mol. The zero-order valence-corrected chi connectivity index (χ0v) is 10.3. The van der Waals surface area contributed by atoms with Crippen LogP contribution in [0.5, 0.6) is 0 Å². The fourth-order valence-corrected chi connectivity index (χ4v) is 2.94. The number of piperidine rings is 1. The van der Waals surface area contributed by atoms with E-state index < -0.39 is 0 Å². The van der Waals surface area contributed by atoms with Crippen LogP contribution in [-0.4, -0.2) is 24.5 Å². The van der Waals surface area contributed by atoms with Crippen molar-refractivity contribution in [1.82, 2.24) is 10.6 Å². The Morgan fingerprint density at radius 3 is 2.56 bits per heavy atom. The molecule has 2 aliphatic rings. The number of amides is 1. The second kappa shape index (κ2) is 5.67. The lowest BCUT2D eigenvalue weighted by molar-refractivity contribution is -0.125. The maximum absolute atomic E-state index is 12.1. The van der Waals surface area contributed by atoms with Crippen molar-refractivity contribution in [2.24, 2.45) is 5.92 Å². The van der Waals surface area contributed by atoms with E-state index in [0.717, 1.165) is 6.54 Å². The molecule has 0 aromatic carbocycles. The second-order valence-electron chi connectivity index (χ2n) is 5.39. The number of carbonyl (C=O) groups is 1. The maximum atomic E-state index is 12.1. The van der Waals surface area contributed by atoms with E-state index in [1.807, 2.05) is 0 Å². The van der Waals surface area contributed by atoms with Gasteiger partial charge in [-0.1, -0.05) is 26.2 Å². The molecule has 2 unspecified atom stereocenters. The average Bonchev–Trinajstić information content (AvgIpc) is 2.31. The maximum Gasteiger partial charge on any atom is 0.237 e. The normalized spacial score (nSPS) is 32.3. The summed E-state index contributed by atoms with van der Waals surface area (Å²) in [5.74, 6) is 0.719. The molecule has 0 aromatic heterocycles. The van der Waals surface area contributed by atoms with Gasteiger partial charge < -0.3 is 10.6 Å². The molecule has 0 aromatic rings. The van der Waals surface area contributed by atoms with Crippen molar-refractivity contribution < 1.29 is 4.79 Å². The molecule has 1 amide bonds. The average molecular weight is 224 g/mol. The molecule has 92 valence electrons. The Hall–Kier alpha value is -0.570. The summed E-state index contributed by atoms with van der Waals surface area (Å²) < 4.78 is 0. The Morgan fingerprint density at radius 2 is 1.88 bits per heavy atom. The first-order valence-corrected chi connectivity index (χ1v) is 6.81. The zero-order valence-electron chi connectivity index (χ0n) is 10.3. The van der Waals surface area contributed by atoms with Crippen molar-refractivity contribution in [3.63, 3.8) is 0 Å². The summed E-state index contributed by atoms with van der Waals surface area (Å²) >= 11 is 0. The first kappa shape index (κ1) is 11.9. The molecule has 3 heteroatoms. The standard InChI is InChI=1S/C13H24N2O/c1-10-6-5-9-14-12(10)13(16)15-11-7-3-2-4-8-11/h10-12,14H,2-9H2,1H3,(H,15,16). The topological polar surface area (TPSA) is 41.1 Å². The van der Waals surface area contributed by atoms with E-state index in [2.05, 4.69) is 17.6 Å². The Kier molecular flexibility index (Phi) is 4.22. The van der Waals surface area contributed by atoms with Gasteiger partial charge in [0, 0.05) is 6.04 Å². The van der Waals surface area contributed by atoms with E-state index >= 15 is 0 Å². The Balaban J connectivity index is 1.81. The smallest absolute Gasteiger partial charge is 0.237 e. The van der Waals surface area contributed by atoms with E-state index in [1.54, 1.807) is 0 Å². The van der Waals surface area contributed by atoms with Crippen molar-refractivity contribution >= 4 is 5.91 Å². The van der Waals surface area contributed by atoms with Crippen LogP contribution < -0.4 is 10.6 Å². The van der Waals surface area contributed by atoms with Crippen LogP contribution in [0.2, 0.25) is 0 Å². The molecule has 2 fully saturated rings. The van der Waals surface area contributed by atoms with Gasteiger partial charge in [-0.3, -0.25) is 4.79 Å². The molecule has 1 aliphatic carbocycles. The van der Waals surface area contributed by atoms with Crippen molar-refractivity contribution in [1.29, 1.82) is 0 Å². The lowest BCUT2D eigenvalue weighted by Crippen LogP contribution is -2.53. The van der Waals surface area contributed by atoms with E-state index in [4.69, 9.17) is 0 Å². The molecular formula is C13H24N2O. The molecule has 1 saturated heterocycles. The minimum Gasteiger partial charge on any atom is -0.352 e.